The number of hydrogen-bond acceptors (Lipinski definition) is 5. The van der Waals surface area contributed by atoms with Crippen molar-refractivity contribution >= 4 is 17.8 Å². The van der Waals surface area contributed by atoms with E-state index in [0.717, 1.165) is 28.9 Å². The number of likely N-dealkylation sites (N-methyl/N-ethyl adjacent to an activating group) is 1. The van der Waals surface area contributed by atoms with E-state index in [1.54, 1.807) is 7.05 Å². The van der Waals surface area contributed by atoms with Crippen LogP contribution in [0.1, 0.15) is 24.0 Å². The van der Waals surface area contributed by atoms with Crippen molar-refractivity contribution in [2.45, 2.75) is 30.9 Å². The number of imide groups is 1. The number of rotatable bonds is 4. The summed E-state index contributed by atoms with van der Waals surface area (Å²) < 4.78 is 11.6. The summed E-state index contributed by atoms with van der Waals surface area (Å²) >= 11 is 0. The Morgan fingerprint density at radius 1 is 1.16 bits per heavy atom. The fourth-order valence-electron chi connectivity index (χ4n) is 4.77. The number of carbonyl (C=O) groups excluding carboxylic acids is 3. The second-order valence-electron chi connectivity index (χ2n) is 8.51. The Morgan fingerprint density at radius 2 is 1.91 bits per heavy atom. The van der Waals surface area contributed by atoms with E-state index < -0.39 is 11.6 Å². The van der Waals surface area contributed by atoms with Crippen molar-refractivity contribution in [2.24, 2.45) is 0 Å². The number of benzene rings is 2. The number of fused-ring (bicyclic) bond motifs is 3. The smallest absolute Gasteiger partial charge is 0.325 e. The van der Waals surface area contributed by atoms with Crippen LogP contribution in [-0.4, -0.2) is 60.5 Å². The van der Waals surface area contributed by atoms with Crippen molar-refractivity contribution in [1.29, 1.82) is 0 Å². The molecule has 1 N–H and O–H groups in total. The fraction of sp³-hybridized carbons (Fsp3) is 0.375. The first kappa shape index (κ1) is 20.4. The van der Waals surface area contributed by atoms with E-state index >= 15 is 0 Å². The summed E-state index contributed by atoms with van der Waals surface area (Å²) in [5.74, 6) is 0.617. The zero-order valence-corrected chi connectivity index (χ0v) is 17.9. The highest BCUT2D eigenvalue weighted by Gasteiger charge is 2.54. The molecule has 32 heavy (non-hydrogen) atoms. The number of nitrogens with one attached hydrogen (secondary N) is 1. The molecule has 0 aromatic heterocycles. The van der Waals surface area contributed by atoms with E-state index in [-0.39, 0.29) is 31.0 Å². The molecule has 2 aromatic rings. The molecule has 2 unspecified atom stereocenters. The maximum Gasteiger partial charge on any atom is 0.325 e. The molecule has 166 valence electrons. The van der Waals surface area contributed by atoms with Crippen LogP contribution in [0, 0.1) is 0 Å². The maximum atomic E-state index is 13.4. The largest absolute Gasteiger partial charge is 0.486 e. The lowest BCUT2D eigenvalue weighted by molar-refractivity contribution is -0.139. The van der Waals surface area contributed by atoms with E-state index in [1.165, 1.54) is 4.90 Å². The zero-order chi connectivity index (χ0) is 22.3. The van der Waals surface area contributed by atoms with Crippen molar-refractivity contribution in [2.75, 3.05) is 26.7 Å². The lowest BCUT2D eigenvalue weighted by atomic mass is 9.76. The Balaban J connectivity index is 1.26. The Kier molecular flexibility index (Phi) is 5.00. The van der Waals surface area contributed by atoms with Gasteiger partial charge < -0.3 is 19.7 Å². The molecule has 2 heterocycles. The van der Waals surface area contributed by atoms with Gasteiger partial charge in [0.05, 0.1) is 6.54 Å². The first-order valence-electron chi connectivity index (χ1n) is 10.8. The van der Waals surface area contributed by atoms with Crippen LogP contribution in [-0.2, 0) is 21.5 Å². The molecule has 0 saturated carbocycles. The molecule has 1 aliphatic carbocycles. The number of ether oxygens (including phenoxy) is 2. The number of aryl methyl sites for hydroxylation is 1. The lowest BCUT2D eigenvalue weighted by Gasteiger charge is -2.33. The van der Waals surface area contributed by atoms with Crippen LogP contribution in [0.3, 0.4) is 0 Å². The molecule has 2 atom stereocenters. The van der Waals surface area contributed by atoms with Crippen LogP contribution in [0.5, 0.6) is 11.5 Å². The molecule has 1 fully saturated rings. The minimum absolute atomic E-state index is 0.283. The van der Waals surface area contributed by atoms with Crippen molar-refractivity contribution in [3.05, 3.63) is 59.7 Å². The number of amides is 4. The molecule has 5 rings (SSSR count). The molecule has 8 heteroatoms. The van der Waals surface area contributed by atoms with Crippen molar-refractivity contribution in [1.82, 2.24) is 15.1 Å². The van der Waals surface area contributed by atoms with Gasteiger partial charge in [0.25, 0.3) is 5.91 Å². The SMILES string of the molecule is CN(CC1COc2ccccc2O1)C(=O)CN1C(=O)NC2(CCCc3ccccc32)C1=O. The Labute approximate surface area is 186 Å². The molecule has 2 aromatic carbocycles. The number of carbonyl (C=O) groups is 3. The second kappa shape index (κ2) is 7.85. The van der Waals surface area contributed by atoms with E-state index in [1.807, 2.05) is 48.5 Å². The third kappa shape index (κ3) is 3.36. The van der Waals surface area contributed by atoms with Gasteiger partial charge in [0.15, 0.2) is 17.6 Å². The quantitative estimate of drug-likeness (QED) is 0.743. The first-order valence-corrected chi connectivity index (χ1v) is 10.8. The first-order chi connectivity index (χ1) is 15.5. The fourth-order valence-corrected chi connectivity index (χ4v) is 4.77. The summed E-state index contributed by atoms with van der Waals surface area (Å²) in [7, 11) is 1.64. The van der Waals surface area contributed by atoms with Crippen LogP contribution < -0.4 is 14.8 Å². The number of hydrogen-bond donors (Lipinski definition) is 1. The standard InChI is InChI=1S/C24H25N3O5/c1-26(13-17-15-31-19-10-4-5-11-20(19)32-17)21(28)14-27-22(29)24(25-23(27)30)12-6-8-16-7-2-3-9-18(16)24/h2-5,7,9-11,17H,6,8,12-15H2,1H3,(H,25,30). The van der Waals surface area contributed by atoms with Gasteiger partial charge in [-0.2, -0.15) is 0 Å². The Hall–Kier alpha value is -3.55. The molecular formula is C24H25N3O5. The number of para-hydroxylation sites is 2. The third-order valence-electron chi connectivity index (χ3n) is 6.41. The average Bonchev–Trinajstić information content (AvgIpc) is 3.04. The van der Waals surface area contributed by atoms with Crippen LogP contribution >= 0.6 is 0 Å². The van der Waals surface area contributed by atoms with Crippen molar-refractivity contribution in [3.63, 3.8) is 0 Å². The van der Waals surface area contributed by atoms with Crippen LogP contribution in [0.25, 0.3) is 0 Å². The van der Waals surface area contributed by atoms with Crippen molar-refractivity contribution in [3.8, 4) is 11.5 Å². The highest BCUT2D eigenvalue weighted by molar-refractivity contribution is 6.09. The molecule has 0 bridgehead atoms. The minimum atomic E-state index is -1.07. The predicted octanol–water partition coefficient (Wildman–Crippen LogP) is 2.07. The molecule has 2 aliphatic heterocycles. The van der Waals surface area contributed by atoms with Gasteiger partial charge in [-0.05, 0) is 42.5 Å². The van der Waals surface area contributed by atoms with E-state index in [9.17, 15) is 14.4 Å². The van der Waals surface area contributed by atoms with Gasteiger partial charge in [-0.25, -0.2) is 4.79 Å². The van der Waals surface area contributed by atoms with E-state index in [4.69, 9.17) is 9.47 Å². The molecular weight excluding hydrogens is 410 g/mol. The van der Waals surface area contributed by atoms with Crippen molar-refractivity contribution < 1.29 is 23.9 Å². The lowest BCUT2D eigenvalue weighted by Crippen LogP contribution is -2.48. The van der Waals surface area contributed by atoms with Gasteiger partial charge in [0, 0.05) is 7.05 Å². The maximum absolute atomic E-state index is 13.4. The monoisotopic (exact) mass is 435 g/mol. The highest BCUT2D eigenvalue weighted by Crippen LogP contribution is 2.39. The molecule has 1 spiro atoms. The van der Waals surface area contributed by atoms with Gasteiger partial charge in [-0.3, -0.25) is 14.5 Å². The predicted molar refractivity (Wildman–Crippen MR) is 115 cm³/mol. The summed E-state index contributed by atoms with van der Waals surface area (Å²) in [6, 6.07) is 14.5. The summed E-state index contributed by atoms with van der Waals surface area (Å²) in [6.07, 6.45) is 1.86. The van der Waals surface area contributed by atoms with Crippen LogP contribution in [0.2, 0.25) is 0 Å². The zero-order valence-electron chi connectivity index (χ0n) is 17.9. The average molecular weight is 435 g/mol. The summed E-state index contributed by atoms with van der Waals surface area (Å²) in [5.41, 5.74) is 0.821. The van der Waals surface area contributed by atoms with Gasteiger partial charge in [0.1, 0.15) is 18.7 Å². The summed E-state index contributed by atoms with van der Waals surface area (Å²) in [6.45, 7) is 0.289. The topological polar surface area (TPSA) is 88.2 Å². The Bertz CT molecular complexity index is 1090. The van der Waals surface area contributed by atoms with Gasteiger partial charge in [-0.1, -0.05) is 36.4 Å². The van der Waals surface area contributed by atoms with E-state index in [0.29, 0.717) is 24.5 Å². The number of urea groups is 1. The second-order valence-corrected chi connectivity index (χ2v) is 8.51. The molecule has 1 saturated heterocycles. The summed E-state index contributed by atoms with van der Waals surface area (Å²) in [4.78, 5) is 41.5. The Morgan fingerprint density at radius 3 is 2.75 bits per heavy atom. The molecule has 0 radical (unpaired) electrons. The van der Waals surface area contributed by atoms with E-state index in [2.05, 4.69) is 5.32 Å². The van der Waals surface area contributed by atoms with Gasteiger partial charge in [0.2, 0.25) is 5.91 Å². The van der Waals surface area contributed by atoms with Gasteiger partial charge in [-0.15, -0.1) is 0 Å². The highest BCUT2D eigenvalue weighted by atomic mass is 16.6. The summed E-state index contributed by atoms with van der Waals surface area (Å²) in [5, 5.41) is 2.88. The minimum Gasteiger partial charge on any atom is -0.486 e. The molecule has 8 nitrogen and oxygen atoms in total. The third-order valence-corrected chi connectivity index (χ3v) is 6.41. The molecule has 4 amide bonds. The van der Waals surface area contributed by atoms with Crippen LogP contribution in [0.15, 0.2) is 48.5 Å². The number of nitrogens with zero attached hydrogens (tertiary/aromatic N) is 2. The van der Waals surface area contributed by atoms with Gasteiger partial charge >= 0.3 is 6.03 Å². The van der Waals surface area contributed by atoms with Crippen LogP contribution in [0.4, 0.5) is 4.79 Å². The normalized spacial score (nSPS) is 23.7. The molecule has 3 aliphatic rings.